The Morgan fingerprint density at radius 2 is 2.00 bits per heavy atom. The minimum absolute atomic E-state index is 0.0702. The fraction of sp³-hybridized carbons (Fsp3) is 0.316. The quantitative estimate of drug-likeness (QED) is 0.620. The minimum Gasteiger partial charge on any atom is -0.399 e. The van der Waals surface area contributed by atoms with Gasteiger partial charge in [0.05, 0.1) is 21.6 Å². The van der Waals surface area contributed by atoms with Crippen LogP contribution in [0.2, 0.25) is 9.36 Å². The Kier molecular flexibility index (Phi) is 6.74. The number of nitrogens with zero attached hydrogens (tertiary/aromatic N) is 1. The highest BCUT2D eigenvalue weighted by molar-refractivity contribution is 7.17. The molecule has 11 heteroatoms. The van der Waals surface area contributed by atoms with Crippen LogP contribution in [0.15, 0.2) is 30.3 Å². The van der Waals surface area contributed by atoms with Gasteiger partial charge in [-0.15, -0.1) is 0 Å². The van der Waals surface area contributed by atoms with Gasteiger partial charge in [0.25, 0.3) is 0 Å². The number of ether oxygens (including phenoxy) is 1. The van der Waals surface area contributed by atoms with Crippen LogP contribution in [-0.2, 0) is 9.59 Å². The van der Waals surface area contributed by atoms with Gasteiger partial charge >= 0.3 is 6.09 Å². The molecule has 0 radical (unpaired) electrons. The highest BCUT2D eigenvalue weighted by atomic mass is 35.5. The van der Waals surface area contributed by atoms with Crippen molar-refractivity contribution in [3.8, 4) is 5.06 Å². The van der Waals surface area contributed by atoms with E-state index in [1.165, 1.54) is 0 Å². The number of hydrogen-bond donors (Lipinski definition) is 3. The average Bonchev–Trinajstić information content (AvgIpc) is 3.05. The van der Waals surface area contributed by atoms with E-state index in [9.17, 15) is 14.4 Å². The lowest BCUT2D eigenvalue weighted by atomic mass is 10.0. The van der Waals surface area contributed by atoms with Gasteiger partial charge in [-0.05, 0) is 44.2 Å². The van der Waals surface area contributed by atoms with E-state index in [4.69, 9.17) is 27.9 Å². The van der Waals surface area contributed by atoms with Crippen LogP contribution in [0.3, 0.4) is 0 Å². The Morgan fingerprint density at radius 1 is 1.23 bits per heavy atom. The molecule has 2 aromatic rings. The van der Waals surface area contributed by atoms with Gasteiger partial charge in [-0.25, -0.2) is 4.79 Å². The summed E-state index contributed by atoms with van der Waals surface area (Å²) in [6.45, 7) is 4.51. The van der Waals surface area contributed by atoms with Crippen molar-refractivity contribution >= 4 is 63.8 Å². The first-order chi connectivity index (χ1) is 14.1. The number of benzene rings is 1. The second-order valence-corrected chi connectivity index (χ2v) is 9.17. The van der Waals surface area contributed by atoms with Crippen molar-refractivity contribution in [2.24, 2.45) is 0 Å². The molecule has 1 aliphatic heterocycles. The van der Waals surface area contributed by atoms with E-state index < -0.39 is 17.5 Å². The number of thiophene rings is 1. The van der Waals surface area contributed by atoms with Gasteiger partial charge in [-0.3, -0.25) is 9.59 Å². The first-order valence-corrected chi connectivity index (χ1v) is 10.6. The summed E-state index contributed by atoms with van der Waals surface area (Å²) >= 11 is 13.3. The van der Waals surface area contributed by atoms with E-state index in [0.29, 0.717) is 38.9 Å². The van der Waals surface area contributed by atoms with Crippen molar-refractivity contribution in [3.63, 3.8) is 0 Å². The van der Waals surface area contributed by atoms with Crippen LogP contribution in [0.1, 0.15) is 13.8 Å². The number of anilines is 2. The van der Waals surface area contributed by atoms with E-state index in [2.05, 4.69) is 16.0 Å². The highest BCUT2D eigenvalue weighted by Crippen LogP contribution is 2.30. The molecule has 1 aromatic carbocycles. The number of nitrogens with one attached hydrogen (secondary N) is 3. The molecular weight excluding hydrogens is 451 g/mol. The second-order valence-electron chi connectivity index (χ2n) is 7.09. The maximum absolute atomic E-state index is 12.7. The summed E-state index contributed by atoms with van der Waals surface area (Å²) in [7, 11) is 0. The number of piperazine rings is 1. The van der Waals surface area contributed by atoms with Crippen LogP contribution < -0.4 is 25.6 Å². The lowest BCUT2D eigenvalue weighted by Gasteiger charge is -2.29. The van der Waals surface area contributed by atoms with Gasteiger partial charge in [0.15, 0.2) is 5.06 Å². The van der Waals surface area contributed by atoms with Crippen LogP contribution in [0.5, 0.6) is 5.06 Å². The largest absolute Gasteiger partial charge is 0.414 e. The molecule has 0 saturated carbocycles. The fourth-order valence-corrected chi connectivity index (χ4v) is 3.93. The van der Waals surface area contributed by atoms with E-state index in [0.717, 1.165) is 11.3 Å². The van der Waals surface area contributed by atoms with E-state index >= 15 is 0 Å². The summed E-state index contributed by atoms with van der Waals surface area (Å²) in [5.74, 6) is -0.524. The summed E-state index contributed by atoms with van der Waals surface area (Å²) in [5, 5.41) is 8.73. The van der Waals surface area contributed by atoms with Gasteiger partial charge in [0.1, 0.15) is 5.54 Å². The number of amides is 3. The van der Waals surface area contributed by atoms with Crippen LogP contribution in [0, 0.1) is 0 Å². The van der Waals surface area contributed by atoms with E-state index in [1.54, 1.807) is 44.2 Å². The number of carbonyl (C=O) groups is 3. The molecule has 0 bridgehead atoms. The van der Waals surface area contributed by atoms with Crippen molar-refractivity contribution in [3.05, 3.63) is 39.7 Å². The summed E-state index contributed by atoms with van der Waals surface area (Å²) in [5.41, 5.74) is -0.0857. The maximum atomic E-state index is 12.7. The van der Waals surface area contributed by atoms with Gasteiger partial charge in [-0.2, -0.15) is 0 Å². The molecule has 8 nitrogen and oxygen atoms in total. The maximum Gasteiger partial charge on any atom is 0.414 e. The van der Waals surface area contributed by atoms with E-state index in [-0.39, 0.29) is 12.5 Å². The van der Waals surface area contributed by atoms with Crippen molar-refractivity contribution in [1.29, 1.82) is 0 Å². The zero-order valence-electron chi connectivity index (χ0n) is 16.3. The van der Waals surface area contributed by atoms with Crippen molar-refractivity contribution in [1.82, 2.24) is 10.6 Å². The Morgan fingerprint density at radius 3 is 2.63 bits per heavy atom. The van der Waals surface area contributed by atoms with Crippen LogP contribution >= 0.6 is 34.5 Å². The zero-order chi connectivity index (χ0) is 21.9. The molecule has 30 heavy (non-hydrogen) atoms. The third kappa shape index (κ3) is 5.56. The normalized spacial score (nSPS) is 14.1. The molecule has 3 amide bonds. The van der Waals surface area contributed by atoms with Crippen LogP contribution in [0.4, 0.5) is 16.2 Å². The third-order valence-corrected chi connectivity index (χ3v) is 5.72. The predicted octanol–water partition coefficient (Wildman–Crippen LogP) is 3.50. The van der Waals surface area contributed by atoms with Gasteiger partial charge in [-0.1, -0.05) is 34.5 Å². The number of halogens is 2. The first-order valence-electron chi connectivity index (χ1n) is 9.02. The number of carbonyl (C=O) groups excluding carboxylic acids is 3. The monoisotopic (exact) mass is 470 g/mol. The third-order valence-electron chi connectivity index (χ3n) is 4.31. The van der Waals surface area contributed by atoms with Crippen LogP contribution in [-0.4, -0.2) is 43.1 Å². The summed E-state index contributed by atoms with van der Waals surface area (Å²) in [6.07, 6.45) is -0.773. The molecule has 0 atom stereocenters. The fourth-order valence-electron chi connectivity index (χ4n) is 2.75. The first kappa shape index (κ1) is 22.2. The topological polar surface area (TPSA) is 99.8 Å². The molecule has 3 N–H and O–H groups in total. The summed E-state index contributed by atoms with van der Waals surface area (Å²) < 4.78 is 5.61. The minimum atomic E-state index is -1.26. The Labute approximate surface area is 187 Å². The molecule has 3 rings (SSSR count). The summed E-state index contributed by atoms with van der Waals surface area (Å²) in [6, 6.07) is 8.20. The SMILES string of the molecule is CC(C)(NC(=O)Oc1ccc(Cl)s1)C(=O)Nc1ccc(N2CCNC(=O)C2)c(Cl)c1. The molecule has 0 spiro atoms. The number of hydrogen-bond acceptors (Lipinski definition) is 6. The molecule has 160 valence electrons. The van der Waals surface area contributed by atoms with E-state index in [1.807, 2.05) is 4.90 Å². The smallest absolute Gasteiger partial charge is 0.399 e. The average molecular weight is 471 g/mol. The molecular formula is C19H20Cl2N4O4S. The lowest BCUT2D eigenvalue weighted by Crippen LogP contribution is -2.53. The lowest BCUT2D eigenvalue weighted by molar-refractivity contribution is -0.121. The Hall–Kier alpha value is -2.49. The van der Waals surface area contributed by atoms with Gasteiger partial charge < -0.3 is 25.6 Å². The number of rotatable bonds is 5. The van der Waals surface area contributed by atoms with Crippen LogP contribution in [0.25, 0.3) is 0 Å². The van der Waals surface area contributed by atoms with Gasteiger partial charge in [0.2, 0.25) is 11.8 Å². The van der Waals surface area contributed by atoms with Crippen molar-refractivity contribution in [2.75, 3.05) is 29.9 Å². The standard InChI is InChI=1S/C19H20Cl2N4O4S/c1-19(2,24-18(28)29-16-6-5-14(21)30-16)17(27)23-11-3-4-13(12(20)9-11)25-8-7-22-15(26)10-25/h3-6,9H,7-8,10H2,1-2H3,(H,22,26)(H,23,27)(H,24,28). The molecule has 1 aliphatic rings. The Balaban J connectivity index is 1.61. The molecule has 1 saturated heterocycles. The Bertz CT molecular complexity index is 979. The van der Waals surface area contributed by atoms with Crippen molar-refractivity contribution in [2.45, 2.75) is 19.4 Å². The molecule has 1 aromatic heterocycles. The highest BCUT2D eigenvalue weighted by Gasteiger charge is 2.31. The zero-order valence-corrected chi connectivity index (χ0v) is 18.6. The molecule has 2 heterocycles. The molecule has 1 fully saturated rings. The predicted molar refractivity (Wildman–Crippen MR) is 118 cm³/mol. The van der Waals surface area contributed by atoms with Crippen molar-refractivity contribution < 1.29 is 19.1 Å². The second kappa shape index (κ2) is 9.11. The molecule has 0 aliphatic carbocycles. The summed E-state index contributed by atoms with van der Waals surface area (Å²) in [4.78, 5) is 38.2. The molecule has 0 unspecified atom stereocenters. The van der Waals surface area contributed by atoms with Gasteiger partial charge in [0, 0.05) is 18.8 Å².